The second kappa shape index (κ2) is 5.02. The van der Waals surface area contributed by atoms with Gasteiger partial charge in [-0.05, 0) is 29.8 Å². The molecule has 1 aliphatic heterocycles. The van der Waals surface area contributed by atoms with Gasteiger partial charge in [0.05, 0.1) is 17.7 Å². The molecular weight excluding hydrogens is 272 g/mol. The quantitative estimate of drug-likeness (QED) is 0.889. The average Bonchev–Trinajstić information content (AvgIpc) is 2.53. The summed E-state index contributed by atoms with van der Waals surface area (Å²) in [5, 5.41) is 2.89. The molecule has 100 valence electrons. The molecule has 0 saturated carbocycles. The van der Waals surface area contributed by atoms with E-state index in [1.807, 2.05) is 30.3 Å². The van der Waals surface area contributed by atoms with Gasteiger partial charge < -0.3 is 11.1 Å². The Hall–Kier alpha value is -2.27. The van der Waals surface area contributed by atoms with Crippen molar-refractivity contribution in [1.82, 2.24) is 0 Å². The molecule has 5 heteroatoms. The van der Waals surface area contributed by atoms with E-state index in [-0.39, 0.29) is 18.2 Å². The number of hydrogen-bond donors (Lipinski definition) is 2. The number of nitrogens with two attached hydrogens (primary N) is 1. The third-order valence-electron chi connectivity index (χ3n) is 3.02. The fourth-order valence-electron chi connectivity index (χ4n) is 2.12. The van der Waals surface area contributed by atoms with E-state index in [4.69, 9.17) is 5.73 Å². The minimum atomic E-state index is -0.381. The van der Waals surface area contributed by atoms with Gasteiger partial charge in [-0.3, -0.25) is 9.59 Å². The molecule has 0 bridgehead atoms. The van der Waals surface area contributed by atoms with Gasteiger partial charge in [0.2, 0.25) is 5.91 Å². The van der Waals surface area contributed by atoms with E-state index in [1.165, 1.54) is 11.8 Å². The zero-order valence-electron chi connectivity index (χ0n) is 10.6. The molecule has 0 fully saturated rings. The van der Waals surface area contributed by atoms with Gasteiger partial charge in [0, 0.05) is 9.79 Å². The number of benzene rings is 2. The number of amides is 2. The molecule has 1 aliphatic rings. The number of anilines is 1. The molecule has 3 N–H and O–H groups in total. The molecule has 0 saturated heterocycles. The molecule has 2 aromatic carbocycles. The first kappa shape index (κ1) is 12.7. The fraction of sp³-hybridized carbons (Fsp3) is 0.0667. The third kappa shape index (κ3) is 2.40. The van der Waals surface area contributed by atoms with Crippen molar-refractivity contribution in [2.24, 2.45) is 5.73 Å². The summed E-state index contributed by atoms with van der Waals surface area (Å²) in [5.74, 6) is -0.517. The van der Waals surface area contributed by atoms with E-state index < -0.39 is 0 Å². The van der Waals surface area contributed by atoms with E-state index in [0.717, 1.165) is 21.0 Å². The van der Waals surface area contributed by atoms with Crippen LogP contribution in [-0.2, 0) is 11.2 Å². The van der Waals surface area contributed by atoms with Crippen LogP contribution in [0.5, 0.6) is 0 Å². The van der Waals surface area contributed by atoms with Gasteiger partial charge in [-0.2, -0.15) is 0 Å². The second-order valence-corrected chi connectivity index (χ2v) is 5.61. The van der Waals surface area contributed by atoms with Crippen LogP contribution in [0.25, 0.3) is 0 Å². The lowest BCUT2D eigenvalue weighted by Crippen LogP contribution is -2.14. The van der Waals surface area contributed by atoms with Crippen molar-refractivity contribution >= 4 is 29.3 Å². The normalized spacial score (nSPS) is 12.9. The van der Waals surface area contributed by atoms with Gasteiger partial charge >= 0.3 is 0 Å². The highest BCUT2D eigenvalue weighted by atomic mass is 32.2. The van der Waals surface area contributed by atoms with E-state index >= 15 is 0 Å². The third-order valence-corrected chi connectivity index (χ3v) is 4.16. The Bertz CT molecular complexity index is 713. The first-order valence-electron chi connectivity index (χ1n) is 6.13. The molecule has 0 atom stereocenters. The van der Waals surface area contributed by atoms with E-state index in [1.54, 1.807) is 12.1 Å². The predicted octanol–water partition coefficient (Wildman–Crippen LogP) is 2.43. The molecule has 2 aromatic rings. The highest BCUT2D eigenvalue weighted by Crippen LogP contribution is 2.38. The lowest BCUT2D eigenvalue weighted by Gasteiger charge is -2.06. The largest absolute Gasteiger partial charge is 0.369 e. The Kier molecular flexibility index (Phi) is 3.20. The van der Waals surface area contributed by atoms with Gasteiger partial charge in [-0.25, -0.2) is 0 Å². The van der Waals surface area contributed by atoms with Crippen molar-refractivity contribution in [3.63, 3.8) is 0 Å². The number of rotatable bonds is 2. The van der Waals surface area contributed by atoms with Gasteiger partial charge in [-0.1, -0.05) is 30.0 Å². The number of fused-ring (bicyclic) bond motifs is 2. The topological polar surface area (TPSA) is 72.2 Å². The minimum absolute atomic E-state index is 0.136. The lowest BCUT2D eigenvalue weighted by atomic mass is 10.1. The van der Waals surface area contributed by atoms with Crippen LogP contribution in [0, 0.1) is 0 Å². The minimum Gasteiger partial charge on any atom is -0.369 e. The Balaban J connectivity index is 2.06. The van der Waals surface area contributed by atoms with Crippen molar-refractivity contribution in [2.75, 3.05) is 5.32 Å². The van der Waals surface area contributed by atoms with Gasteiger partial charge in [0.15, 0.2) is 0 Å². The number of hydrogen-bond acceptors (Lipinski definition) is 3. The molecule has 0 aliphatic carbocycles. The summed E-state index contributed by atoms with van der Waals surface area (Å²) >= 11 is 1.51. The average molecular weight is 284 g/mol. The first-order valence-corrected chi connectivity index (χ1v) is 6.94. The maximum absolute atomic E-state index is 12.2. The van der Waals surface area contributed by atoms with E-state index in [9.17, 15) is 9.59 Å². The summed E-state index contributed by atoms with van der Waals surface area (Å²) in [7, 11) is 0. The van der Waals surface area contributed by atoms with Gasteiger partial charge in [0.25, 0.3) is 5.91 Å². The van der Waals surface area contributed by atoms with E-state index in [2.05, 4.69) is 5.32 Å². The molecule has 0 radical (unpaired) electrons. The summed E-state index contributed by atoms with van der Waals surface area (Å²) in [6.45, 7) is 0. The van der Waals surface area contributed by atoms with Crippen molar-refractivity contribution in [3.05, 3.63) is 53.6 Å². The summed E-state index contributed by atoms with van der Waals surface area (Å²) < 4.78 is 0. The van der Waals surface area contributed by atoms with Crippen LogP contribution in [0.3, 0.4) is 0 Å². The standard InChI is InChI=1S/C15H12N2O2S/c16-14(18)8-9-5-6-10-13(7-9)20-12-4-2-1-3-11(12)17-15(10)19/h1-7H,8H2,(H2,16,18)(H,17,19). The number of carbonyl (C=O) groups excluding carboxylic acids is 2. The zero-order chi connectivity index (χ0) is 14.1. The number of para-hydroxylation sites is 1. The molecule has 2 amide bonds. The van der Waals surface area contributed by atoms with Crippen LogP contribution in [0.2, 0.25) is 0 Å². The molecule has 20 heavy (non-hydrogen) atoms. The van der Waals surface area contributed by atoms with Crippen molar-refractivity contribution in [1.29, 1.82) is 0 Å². The maximum Gasteiger partial charge on any atom is 0.256 e. The van der Waals surface area contributed by atoms with Crippen LogP contribution in [0.1, 0.15) is 15.9 Å². The summed E-state index contributed by atoms with van der Waals surface area (Å²) in [5.41, 5.74) is 7.44. The van der Waals surface area contributed by atoms with Crippen LogP contribution in [0.4, 0.5) is 5.69 Å². The van der Waals surface area contributed by atoms with Crippen molar-refractivity contribution in [2.45, 2.75) is 16.2 Å². The Morgan fingerprint density at radius 1 is 1.15 bits per heavy atom. The molecule has 1 heterocycles. The second-order valence-electron chi connectivity index (χ2n) is 4.53. The van der Waals surface area contributed by atoms with Crippen molar-refractivity contribution in [3.8, 4) is 0 Å². The predicted molar refractivity (Wildman–Crippen MR) is 77.9 cm³/mol. The number of nitrogens with one attached hydrogen (secondary N) is 1. The maximum atomic E-state index is 12.2. The summed E-state index contributed by atoms with van der Waals surface area (Å²) in [6, 6.07) is 13.0. The molecular formula is C15H12N2O2S. The Morgan fingerprint density at radius 2 is 1.95 bits per heavy atom. The van der Waals surface area contributed by atoms with Gasteiger partial charge in [-0.15, -0.1) is 0 Å². The first-order chi connectivity index (χ1) is 9.63. The Morgan fingerprint density at radius 3 is 2.75 bits per heavy atom. The number of primary amides is 1. The molecule has 0 unspecified atom stereocenters. The molecule has 0 spiro atoms. The summed E-state index contributed by atoms with van der Waals surface area (Å²) in [6.07, 6.45) is 0.178. The van der Waals surface area contributed by atoms with Crippen LogP contribution in [0.15, 0.2) is 52.3 Å². The highest BCUT2D eigenvalue weighted by Gasteiger charge is 2.19. The zero-order valence-corrected chi connectivity index (χ0v) is 11.4. The highest BCUT2D eigenvalue weighted by molar-refractivity contribution is 7.99. The smallest absolute Gasteiger partial charge is 0.256 e. The fourth-order valence-corrected chi connectivity index (χ4v) is 3.21. The van der Waals surface area contributed by atoms with E-state index in [0.29, 0.717) is 5.56 Å². The SMILES string of the molecule is NC(=O)Cc1ccc2c(c1)Sc1ccccc1NC2=O. The molecule has 4 nitrogen and oxygen atoms in total. The van der Waals surface area contributed by atoms with Gasteiger partial charge in [0.1, 0.15) is 0 Å². The number of carbonyl (C=O) groups is 2. The van der Waals surface area contributed by atoms with Crippen LogP contribution >= 0.6 is 11.8 Å². The Labute approximate surface area is 120 Å². The van der Waals surface area contributed by atoms with Crippen molar-refractivity contribution < 1.29 is 9.59 Å². The van der Waals surface area contributed by atoms with Crippen LogP contribution < -0.4 is 11.1 Å². The summed E-state index contributed by atoms with van der Waals surface area (Å²) in [4.78, 5) is 25.0. The van der Waals surface area contributed by atoms with Crippen LogP contribution in [-0.4, -0.2) is 11.8 Å². The monoisotopic (exact) mass is 284 g/mol. The molecule has 0 aromatic heterocycles. The lowest BCUT2D eigenvalue weighted by molar-refractivity contribution is -0.117. The molecule has 3 rings (SSSR count).